The number of hydrogen-bond donors (Lipinski definition) is 2. The molecule has 94 valence electrons. The van der Waals surface area contributed by atoms with Gasteiger partial charge in [-0.1, -0.05) is 0 Å². The van der Waals surface area contributed by atoms with Crippen LogP contribution in [-0.4, -0.2) is 23.9 Å². The monoisotopic (exact) mass is 248 g/mol. The van der Waals surface area contributed by atoms with Crippen molar-refractivity contribution in [3.05, 3.63) is 33.9 Å². The SMILES string of the molecule is CC(=O)NCCNc1cc(C#N)ccc1[N+](=O)[O-]. The molecule has 1 aromatic carbocycles. The highest BCUT2D eigenvalue weighted by Gasteiger charge is 2.13. The van der Waals surface area contributed by atoms with Crippen LogP contribution < -0.4 is 10.6 Å². The first-order valence-electron chi connectivity index (χ1n) is 5.21. The lowest BCUT2D eigenvalue weighted by Crippen LogP contribution is -2.26. The van der Waals surface area contributed by atoms with E-state index in [1.165, 1.54) is 25.1 Å². The van der Waals surface area contributed by atoms with E-state index in [1.54, 1.807) is 0 Å². The number of benzene rings is 1. The van der Waals surface area contributed by atoms with Crippen LogP contribution in [0, 0.1) is 21.4 Å². The zero-order chi connectivity index (χ0) is 13.5. The molecule has 0 aliphatic rings. The Labute approximate surface area is 104 Å². The van der Waals surface area contributed by atoms with E-state index in [0.717, 1.165) is 0 Å². The maximum absolute atomic E-state index is 10.8. The smallest absolute Gasteiger partial charge is 0.292 e. The molecule has 0 aliphatic carbocycles. The van der Waals surface area contributed by atoms with Crippen LogP contribution in [0.2, 0.25) is 0 Å². The Morgan fingerprint density at radius 3 is 2.78 bits per heavy atom. The van der Waals surface area contributed by atoms with Gasteiger partial charge < -0.3 is 10.6 Å². The van der Waals surface area contributed by atoms with E-state index in [-0.39, 0.29) is 17.3 Å². The number of hydrogen-bond acceptors (Lipinski definition) is 5. The van der Waals surface area contributed by atoms with E-state index in [1.807, 2.05) is 6.07 Å². The number of rotatable bonds is 5. The highest BCUT2D eigenvalue weighted by atomic mass is 16.6. The Bertz CT molecular complexity index is 508. The molecule has 0 aromatic heterocycles. The minimum Gasteiger partial charge on any atom is -0.378 e. The van der Waals surface area contributed by atoms with Crippen molar-refractivity contribution in [2.45, 2.75) is 6.92 Å². The van der Waals surface area contributed by atoms with Crippen molar-refractivity contribution in [1.29, 1.82) is 5.26 Å². The van der Waals surface area contributed by atoms with Crippen molar-refractivity contribution in [2.24, 2.45) is 0 Å². The van der Waals surface area contributed by atoms with Gasteiger partial charge in [0, 0.05) is 26.1 Å². The van der Waals surface area contributed by atoms with E-state index in [9.17, 15) is 14.9 Å². The van der Waals surface area contributed by atoms with Crippen LogP contribution in [0.4, 0.5) is 11.4 Å². The van der Waals surface area contributed by atoms with E-state index in [4.69, 9.17) is 5.26 Å². The molecule has 0 fully saturated rings. The summed E-state index contributed by atoms with van der Waals surface area (Å²) >= 11 is 0. The lowest BCUT2D eigenvalue weighted by Gasteiger charge is -2.07. The number of nitro groups is 1. The highest BCUT2D eigenvalue weighted by Crippen LogP contribution is 2.24. The standard InChI is InChI=1S/C11H12N4O3/c1-8(16)13-4-5-14-10-6-9(7-12)2-3-11(10)15(17)18/h2-3,6,14H,4-5H2,1H3,(H,13,16). The summed E-state index contributed by atoms with van der Waals surface area (Å²) in [6.45, 7) is 2.08. The van der Waals surface area contributed by atoms with E-state index >= 15 is 0 Å². The molecule has 18 heavy (non-hydrogen) atoms. The number of nitriles is 1. The Kier molecular flexibility index (Phi) is 4.63. The second-order valence-electron chi connectivity index (χ2n) is 3.51. The van der Waals surface area contributed by atoms with Crippen LogP contribution in [0.3, 0.4) is 0 Å². The van der Waals surface area contributed by atoms with Gasteiger partial charge in [0.25, 0.3) is 5.69 Å². The first-order valence-corrected chi connectivity index (χ1v) is 5.21. The second kappa shape index (κ2) is 6.20. The fourth-order valence-electron chi connectivity index (χ4n) is 1.34. The molecular weight excluding hydrogens is 236 g/mol. The Morgan fingerprint density at radius 1 is 1.50 bits per heavy atom. The van der Waals surface area contributed by atoms with Gasteiger partial charge in [-0.05, 0) is 12.1 Å². The summed E-state index contributed by atoms with van der Waals surface area (Å²) in [4.78, 5) is 20.9. The molecule has 7 heteroatoms. The molecule has 0 heterocycles. The summed E-state index contributed by atoms with van der Waals surface area (Å²) in [5.41, 5.74) is 0.504. The predicted molar refractivity (Wildman–Crippen MR) is 65.0 cm³/mol. The van der Waals surface area contributed by atoms with Crippen LogP contribution in [0.1, 0.15) is 12.5 Å². The van der Waals surface area contributed by atoms with Crippen LogP contribution in [0.5, 0.6) is 0 Å². The average Bonchev–Trinajstić information content (AvgIpc) is 2.33. The molecule has 0 atom stereocenters. The summed E-state index contributed by atoms with van der Waals surface area (Å²) < 4.78 is 0. The largest absolute Gasteiger partial charge is 0.378 e. The maximum Gasteiger partial charge on any atom is 0.292 e. The number of nitro benzene ring substituents is 1. The first-order chi connectivity index (χ1) is 8.54. The van der Waals surface area contributed by atoms with Crippen LogP contribution in [-0.2, 0) is 4.79 Å². The molecule has 0 unspecified atom stereocenters. The normalized spacial score (nSPS) is 9.33. The molecule has 1 aromatic rings. The minimum absolute atomic E-state index is 0.100. The number of nitrogens with zero attached hydrogens (tertiary/aromatic N) is 2. The van der Waals surface area contributed by atoms with Gasteiger partial charge in [-0.15, -0.1) is 0 Å². The van der Waals surface area contributed by atoms with E-state index in [0.29, 0.717) is 18.7 Å². The van der Waals surface area contributed by atoms with Gasteiger partial charge >= 0.3 is 0 Å². The second-order valence-corrected chi connectivity index (χ2v) is 3.51. The molecule has 7 nitrogen and oxygen atoms in total. The minimum atomic E-state index is -0.526. The predicted octanol–water partition coefficient (Wildman–Crippen LogP) is 1.01. The third kappa shape index (κ3) is 3.75. The van der Waals surface area contributed by atoms with Crippen molar-refractivity contribution in [1.82, 2.24) is 5.32 Å². The zero-order valence-corrected chi connectivity index (χ0v) is 9.77. The highest BCUT2D eigenvalue weighted by molar-refractivity contribution is 5.72. The third-order valence-electron chi connectivity index (χ3n) is 2.14. The summed E-state index contributed by atoms with van der Waals surface area (Å²) in [6.07, 6.45) is 0. The lowest BCUT2D eigenvalue weighted by atomic mass is 10.2. The molecule has 1 rings (SSSR count). The fourth-order valence-corrected chi connectivity index (χ4v) is 1.34. The summed E-state index contributed by atoms with van der Waals surface area (Å²) in [5, 5.41) is 24.9. The van der Waals surface area contributed by atoms with Crippen molar-refractivity contribution >= 4 is 17.3 Å². The average molecular weight is 248 g/mol. The molecular formula is C11H12N4O3. The van der Waals surface area contributed by atoms with Crippen molar-refractivity contribution in [2.75, 3.05) is 18.4 Å². The van der Waals surface area contributed by atoms with Crippen molar-refractivity contribution < 1.29 is 9.72 Å². The van der Waals surface area contributed by atoms with Crippen LogP contribution in [0.25, 0.3) is 0 Å². The fraction of sp³-hybridized carbons (Fsp3) is 0.273. The number of carbonyl (C=O) groups excluding carboxylic acids is 1. The Hall–Kier alpha value is -2.62. The molecule has 2 N–H and O–H groups in total. The molecule has 0 radical (unpaired) electrons. The summed E-state index contributed by atoms with van der Waals surface area (Å²) in [7, 11) is 0. The molecule has 0 bridgehead atoms. The topological polar surface area (TPSA) is 108 Å². The van der Waals surface area contributed by atoms with Gasteiger partial charge in [0.1, 0.15) is 5.69 Å². The zero-order valence-electron chi connectivity index (χ0n) is 9.77. The van der Waals surface area contributed by atoms with Gasteiger partial charge in [0.15, 0.2) is 0 Å². The lowest BCUT2D eigenvalue weighted by molar-refractivity contribution is -0.384. The summed E-state index contributed by atoms with van der Waals surface area (Å²) in [5.74, 6) is -0.169. The first kappa shape index (κ1) is 13.4. The Balaban J connectivity index is 2.75. The molecule has 0 spiro atoms. The van der Waals surface area contributed by atoms with Crippen molar-refractivity contribution in [3.63, 3.8) is 0 Å². The number of carbonyl (C=O) groups is 1. The number of nitrogens with one attached hydrogen (secondary N) is 2. The molecule has 0 aliphatic heterocycles. The number of amides is 1. The van der Waals surface area contributed by atoms with E-state index in [2.05, 4.69) is 10.6 Å². The third-order valence-corrected chi connectivity index (χ3v) is 2.14. The maximum atomic E-state index is 10.8. The molecule has 1 amide bonds. The molecule has 0 saturated carbocycles. The molecule has 0 saturated heterocycles. The van der Waals surface area contributed by atoms with E-state index < -0.39 is 4.92 Å². The van der Waals surface area contributed by atoms with Gasteiger partial charge in [0.05, 0.1) is 16.6 Å². The van der Waals surface area contributed by atoms with Gasteiger partial charge in [-0.2, -0.15) is 5.26 Å². The van der Waals surface area contributed by atoms with Crippen LogP contribution in [0.15, 0.2) is 18.2 Å². The Morgan fingerprint density at radius 2 is 2.22 bits per heavy atom. The van der Waals surface area contributed by atoms with Crippen molar-refractivity contribution in [3.8, 4) is 6.07 Å². The van der Waals surface area contributed by atoms with Gasteiger partial charge in [-0.3, -0.25) is 14.9 Å². The van der Waals surface area contributed by atoms with Gasteiger partial charge in [-0.25, -0.2) is 0 Å². The quantitative estimate of drug-likeness (QED) is 0.459. The summed E-state index contributed by atoms with van der Waals surface area (Å²) in [6, 6.07) is 5.98. The number of anilines is 1. The van der Waals surface area contributed by atoms with Crippen LogP contribution >= 0.6 is 0 Å². The van der Waals surface area contributed by atoms with Gasteiger partial charge in [0.2, 0.25) is 5.91 Å².